The van der Waals surface area contributed by atoms with Crippen LogP contribution in [0.2, 0.25) is 5.15 Å². The first-order chi connectivity index (χ1) is 19.0. The van der Waals surface area contributed by atoms with Gasteiger partial charge in [-0.1, -0.05) is 61.4 Å². The van der Waals surface area contributed by atoms with E-state index in [9.17, 15) is 8.42 Å². The summed E-state index contributed by atoms with van der Waals surface area (Å²) in [5.41, 5.74) is 5.28. The van der Waals surface area contributed by atoms with E-state index < -0.39 is 14.8 Å². The zero-order chi connectivity index (χ0) is 28.4. The molecule has 4 heterocycles. The molecule has 8 nitrogen and oxygen atoms in total. The van der Waals surface area contributed by atoms with Gasteiger partial charge in [-0.3, -0.25) is 4.68 Å². The van der Waals surface area contributed by atoms with Crippen LogP contribution < -0.4 is 4.90 Å². The van der Waals surface area contributed by atoms with Gasteiger partial charge >= 0.3 is 0 Å². The zero-order valence-electron chi connectivity index (χ0n) is 23.4. The van der Waals surface area contributed by atoms with Crippen molar-refractivity contribution in [1.82, 2.24) is 23.7 Å². The predicted molar refractivity (Wildman–Crippen MR) is 160 cm³/mol. The molecule has 40 heavy (non-hydrogen) atoms. The molecule has 0 amide bonds. The molecule has 1 aliphatic heterocycles. The molecule has 0 saturated heterocycles. The Balaban J connectivity index is 1.36. The normalized spacial score (nSPS) is 19.4. The molecule has 3 aromatic heterocycles. The number of allylic oxidation sites excluding steroid dienone is 3. The SMILES string of the molecule is CC1=CC=CC(C)(S(=O)(=O)n2ccc3c(-c4nc(Cl)c5c(n4)CCN(c4cc(C(C)C)nn4C)C5)cccc32)C1. The van der Waals surface area contributed by atoms with Crippen molar-refractivity contribution in [3.05, 3.63) is 82.4 Å². The van der Waals surface area contributed by atoms with Crippen molar-refractivity contribution in [2.24, 2.45) is 7.05 Å². The Bertz CT molecular complexity index is 1820. The molecule has 1 aromatic carbocycles. The largest absolute Gasteiger partial charge is 0.352 e. The molecule has 0 N–H and O–H groups in total. The Kier molecular flexibility index (Phi) is 6.42. The number of anilines is 1. The molecule has 0 spiro atoms. The number of halogens is 1. The standard InChI is InChI=1S/C30H33ClN6O2S/c1-19(2)25-16-27(35(5)34-25)36-14-12-24-23(18-36)28(31)33-29(32-24)22-9-6-10-26-21(22)11-15-37(26)40(38,39)30(4)13-7-8-20(3)17-30/h6-11,13,15-16,19H,12,14,17-18H2,1-5H3. The number of fused-ring (bicyclic) bond motifs is 2. The number of rotatable bonds is 5. The van der Waals surface area contributed by atoms with Gasteiger partial charge in [-0.05, 0) is 38.3 Å². The van der Waals surface area contributed by atoms with Crippen LogP contribution in [0.3, 0.4) is 0 Å². The maximum Gasteiger partial charge on any atom is 0.248 e. The van der Waals surface area contributed by atoms with Crippen molar-refractivity contribution in [3.8, 4) is 11.4 Å². The number of benzene rings is 1. The maximum absolute atomic E-state index is 13.9. The second-order valence-corrected chi connectivity index (χ2v) is 14.0. The first kappa shape index (κ1) is 26.8. The molecule has 6 rings (SSSR count). The molecule has 0 bridgehead atoms. The van der Waals surface area contributed by atoms with Gasteiger partial charge in [0.1, 0.15) is 15.7 Å². The van der Waals surface area contributed by atoms with Gasteiger partial charge in [0.15, 0.2) is 5.82 Å². The van der Waals surface area contributed by atoms with Crippen LogP contribution in [0, 0.1) is 0 Å². The van der Waals surface area contributed by atoms with Gasteiger partial charge < -0.3 is 4.90 Å². The fraction of sp³-hybridized carbons (Fsp3) is 0.367. The van der Waals surface area contributed by atoms with Crippen molar-refractivity contribution in [3.63, 3.8) is 0 Å². The van der Waals surface area contributed by atoms with Gasteiger partial charge in [-0.25, -0.2) is 22.4 Å². The van der Waals surface area contributed by atoms with Crippen LogP contribution in [-0.4, -0.2) is 43.4 Å². The molecule has 0 fully saturated rings. The van der Waals surface area contributed by atoms with E-state index in [1.165, 1.54) is 3.97 Å². The number of hydrogen-bond donors (Lipinski definition) is 0. The lowest BCUT2D eigenvalue weighted by Gasteiger charge is -2.30. The summed E-state index contributed by atoms with van der Waals surface area (Å²) in [5, 5.41) is 5.85. The Morgan fingerprint density at radius 3 is 2.67 bits per heavy atom. The molecule has 1 aliphatic carbocycles. The minimum atomic E-state index is -3.73. The van der Waals surface area contributed by atoms with Crippen LogP contribution in [0.15, 0.2) is 60.3 Å². The van der Waals surface area contributed by atoms with Crippen molar-refractivity contribution >= 4 is 38.3 Å². The molecule has 0 saturated carbocycles. The van der Waals surface area contributed by atoms with E-state index in [0.29, 0.717) is 35.4 Å². The Hall–Kier alpha value is -3.43. The molecule has 208 valence electrons. The molecule has 10 heteroatoms. The van der Waals surface area contributed by atoms with Gasteiger partial charge in [-0.2, -0.15) is 5.10 Å². The third kappa shape index (κ3) is 4.27. The summed E-state index contributed by atoms with van der Waals surface area (Å²) in [6, 6.07) is 9.56. The van der Waals surface area contributed by atoms with E-state index >= 15 is 0 Å². The van der Waals surface area contributed by atoms with E-state index in [1.807, 2.05) is 55.1 Å². The summed E-state index contributed by atoms with van der Waals surface area (Å²) in [4.78, 5) is 11.9. The van der Waals surface area contributed by atoms with Crippen LogP contribution in [0.1, 0.15) is 57.0 Å². The molecule has 1 atom stereocenters. The van der Waals surface area contributed by atoms with E-state index in [2.05, 4.69) is 29.9 Å². The van der Waals surface area contributed by atoms with Crippen LogP contribution in [0.5, 0.6) is 0 Å². The van der Waals surface area contributed by atoms with E-state index in [4.69, 9.17) is 21.6 Å². The van der Waals surface area contributed by atoms with Gasteiger partial charge in [0, 0.05) is 55.3 Å². The molecule has 0 radical (unpaired) electrons. The van der Waals surface area contributed by atoms with Crippen molar-refractivity contribution in [2.75, 3.05) is 11.4 Å². The fourth-order valence-electron chi connectivity index (χ4n) is 5.78. The van der Waals surface area contributed by atoms with Crippen molar-refractivity contribution in [2.45, 2.75) is 57.7 Å². The minimum Gasteiger partial charge on any atom is -0.352 e. The van der Waals surface area contributed by atoms with Gasteiger partial charge in [0.2, 0.25) is 10.0 Å². The van der Waals surface area contributed by atoms with Crippen LogP contribution in [0.25, 0.3) is 22.3 Å². The third-order valence-electron chi connectivity index (χ3n) is 8.04. The predicted octanol–water partition coefficient (Wildman–Crippen LogP) is 6.01. The highest BCUT2D eigenvalue weighted by atomic mass is 35.5. The summed E-state index contributed by atoms with van der Waals surface area (Å²) in [7, 11) is -1.76. The average Bonchev–Trinajstić information content (AvgIpc) is 3.52. The monoisotopic (exact) mass is 576 g/mol. The maximum atomic E-state index is 13.9. The Labute approximate surface area is 240 Å². The average molecular weight is 577 g/mol. The van der Waals surface area contributed by atoms with Gasteiger partial charge in [0.25, 0.3) is 0 Å². The first-order valence-electron chi connectivity index (χ1n) is 13.5. The number of aryl methyl sites for hydroxylation is 1. The number of hydrogen-bond acceptors (Lipinski definition) is 6. The Morgan fingerprint density at radius 1 is 1.15 bits per heavy atom. The van der Waals surface area contributed by atoms with Crippen LogP contribution in [-0.2, 0) is 30.0 Å². The summed E-state index contributed by atoms with van der Waals surface area (Å²) in [6.45, 7) is 9.40. The van der Waals surface area contributed by atoms with E-state index in [-0.39, 0.29) is 0 Å². The van der Waals surface area contributed by atoms with Crippen LogP contribution in [0.4, 0.5) is 5.82 Å². The highest BCUT2D eigenvalue weighted by molar-refractivity contribution is 7.91. The second kappa shape index (κ2) is 9.59. The fourth-order valence-corrected chi connectivity index (χ4v) is 7.78. The number of aromatic nitrogens is 5. The molecule has 4 aromatic rings. The quantitative estimate of drug-likeness (QED) is 0.270. The third-order valence-corrected chi connectivity index (χ3v) is 10.7. The smallest absolute Gasteiger partial charge is 0.248 e. The minimum absolute atomic E-state index is 0.349. The van der Waals surface area contributed by atoms with E-state index in [1.54, 1.807) is 19.2 Å². The first-order valence-corrected chi connectivity index (χ1v) is 15.3. The zero-order valence-corrected chi connectivity index (χ0v) is 25.0. The van der Waals surface area contributed by atoms with E-state index in [0.717, 1.165) is 52.3 Å². The van der Waals surface area contributed by atoms with Crippen molar-refractivity contribution < 1.29 is 8.42 Å². The van der Waals surface area contributed by atoms with Gasteiger partial charge in [0.05, 0.1) is 16.9 Å². The van der Waals surface area contributed by atoms with Gasteiger partial charge in [-0.15, -0.1) is 0 Å². The lowest BCUT2D eigenvalue weighted by atomic mass is 9.96. The summed E-state index contributed by atoms with van der Waals surface area (Å²) < 4.78 is 30.0. The lowest BCUT2D eigenvalue weighted by Crippen LogP contribution is -2.38. The highest BCUT2D eigenvalue weighted by Crippen LogP contribution is 2.37. The molecule has 2 aliphatic rings. The van der Waals surface area contributed by atoms with Crippen molar-refractivity contribution in [1.29, 1.82) is 0 Å². The summed E-state index contributed by atoms with van der Waals surface area (Å²) in [6.07, 6.45) is 8.36. The molecule has 1 unspecified atom stereocenters. The molecular weight excluding hydrogens is 544 g/mol. The molecular formula is C30H33ClN6O2S. The Morgan fingerprint density at radius 2 is 1.95 bits per heavy atom. The summed E-state index contributed by atoms with van der Waals surface area (Å²) >= 11 is 6.79. The topological polar surface area (TPSA) is 85.9 Å². The number of nitrogens with zero attached hydrogens (tertiary/aromatic N) is 6. The lowest BCUT2D eigenvalue weighted by molar-refractivity contribution is 0.551. The second-order valence-electron chi connectivity index (χ2n) is 11.4. The summed E-state index contributed by atoms with van der Waals surface area (Å²) in [5.74, 6) is 1.90. The highest BCUT2D eigenvalue weighted by Gasteiger charge is 2.40. The van der Waals surface area contributed by atoms with Crippen LogP contribution >= 0.6 is 11.6 Å².